The van der Waals surface area contributed by atoms with Crippen molar-refractivity contribution >= 4 is 12.1 Å². The average Bonchev–Trinajstić information content (AvgIpc) is 2.33. The zero-order valence-electron chi connectivity index (χ0n) is 12.6. The lowest BCUT2D eigenvalue weighted by Gasteiger charge is -2.46. The third-order valence-corrected chi connectivity index (χ3v) is 3.73. The third-order valence-electron chi connectivity index (χ3n) is 3.73. The minimum Gasteiger partial charge on any atom is -0.479 e. The minimum absolute atomic E-state index is 0.233. The maximum Gasteiger partial charge on any atom is 0.408 e. The van der Waals surface area contributed by atoms with Gasteiger partial charge in [0.15, 0.2) is 0 Å². The summed E-state index contributed by atoms with van der Waals surface area (Å²) in [6, 6.07) is 9.39. The van der Waals surface area contributed by atoms with Crippen LogP contribution in [0.5, 0.6) is 0 Å². The van der Waals surface area contributed by atoms with Crippen LogP contribution in [0.2, 0.25) is 0 Å². The third kappa shape index (κ3) is 3.17. The molecule has 5 nitrogen and oxygen atoms in total. The molecular formula is C16H21NO4. The summed E-state index contributed by atoms with van der Waals surface area (Å²) in [6.45, 7) is 5.24. The van der Waals surface area contributed by atoms with E-state index in [0.717, 1.165) is 12.0 Å². The summed E-state index contributed by atoms with van der Waals surface area (Å²) in [5, 5.41) is 12.2. The molecule has 1 saturated carbocycles. The van der Waals surface area contributed by atoms with Crippen molar-refractivity contribution in [1.29, 1.82) is 0 Å². The number of amides is 1. The van der Waals surface area contributed by atoms with Crippen molar-refractivity contribution in [3.63, 3.8) is 0 Å². The van der Waals surface area contributed by atoms with Crippen molar-refractivity contribution in [3.8, 4) is 0 Å². The first-order chi connectivity index (χ1) is 9.74. The maximum absolute atomic E-state index is 12.0. The second-order valence-corrected chi connectivity index (χ2v) is 6.41. The fraction of sp³-hybridized carbons (Fsp3) is 0.500. The van der Waals surface area contributed by atoms with E-state index < -0.39 is 23.2 Å². The van der Waals surface area contributed by atoms with Gasteiger partial charge in [0, 0.05) is 5.92 Å². The highest BCUT2D eigenvalue weighted by atomic mass is 16.6. The second-order valence-electron chi connectivity index (χ2n) is 6.41. The van der Waals surface area contributed by atoms with Gasteiger partial charge in [-0.05, 0) is 39.2 Å². The standard InChI is InChI=1S/C16H21NO4/c1-15(2,3)21-14(20)17-16(13(18)19)10-9-12(16)11-7-5-4-6-8-11/h4-8,12H,9-10H2,1-3H3,(H,17,20)(H,18,19)/t12-,16+/m1/s1. The van der Waals surface area contributed by atoms with E-state index in [4.69, 9.17) is 4.74 Å². The van der Waals surface area contributed by atoms with Gasteiger partial charge in [0.05, 0.1) is 0 Å². The van der Waals surface area contributed by atoms with Crippen LogP contribution < -0.4 is 5.32 Å². The molecule has 0 aliphatic heterocycles. The Hall–Kier alpha value is -2.04. The minimum atomic E-state index is -1.27. The van der Waals surface area contributed by atoms with Gasteiger partial charge in [0.25, 0.3) is 0 Å². The van der Waals surface area contributed by atoms with Crippen LogP contribution >= 0.6 is 0 Å². The quantitative estimate of drug-likeness (QED) is 0.897. The topological polar surface area (TPSA) is 75.6 Å². The predicted molar refractivity (Wildman–Crippen MR) is 78.2 cm³/mol. The molecule has 0 bridgehead atoms. The van der Waals surface area contributed by atoms with Crippen LogP contribution in [0.25, 0.3) is 0 Å². The zero-order valence-corrected chi connectivity index (χ0v) is 12.6. The summed E-state index contributed by atoms with van der Waals surface area (Å²) in [5.41, 5.74) is -1.01. The number of hydrogen-bond acceptors (Lipinski definition) is 3. The number of carboxylic acids is 1. The highest BCUT2D eigenvalue weighted by Gasteiger charge is 2.55. The first kappa shape index (κ1) is 15.4. The van der Waals surface area contributed by atoms with Crippen LogP contribution in [0.1, 0.15) is 45.1 Å². The second kappa shape index (κ2) is 5.39. The molecule has 1 fully saturated rings. The summed E-state index contributed by atoms with van der Waals surface area (Å²) < 4.78 is 5.19. The number of carbonyl (C=O) groups excluding carboxylic acids is 1. The molecular weight excluding hydrogens is 270 g/mol. The number of carboxylic acid groups (broad SMARTS) is 1. The molecule has 1 aliphatic rings. The molecule has 2 atom stereocenters. The summed E-state index contributed by atoms with van der Waals surface area (Å²) >= 11 is 0. The Labute approximate surface area is 124 Å². The summed E-state index contributed by atoms with van der Waals surface area (Å²) in [6.07, 6.45) is 0.443. The van der Waals surface area contributed by atoms with Gasteiger partial charge < -0.3 is 15.2 Å². The Morgan fingerprint density at radius 2 is 1.90 bits per heavy atom. The van der Waals surface area contributed by atoms with Gasteiger partial charge in [-0.15, -0.1) is 0 Å². The van der Waals surface area contributed by atoms with E-state index in [1.54, 1.807) is 20.8 Å². The molecule has 5 heteroatoms. The van der Waals surface area contributed by atoms with Crippen molar-refractivity contribution in [2.24, 2.45) is 0 Å². The number of nitrogens with one attached hydrogen (secondary N) is 1. The fourth-order valence-electron chi connectivity index (χ4n) is 2.66. The van der Waals surface area contributed by atoms with Crippen LogP contribution in [0.4, 0.5) is 4.79 Å². The molecule has 0 aromatic heterocycles. The van der Waals surface area contributed by atoms with Crippen LogP contribution in [-0.2, 0) is 9.53 Å². The van der Waals surface area contributed by atoms with E-state index in [2.05, 4.69) is 5.32 Å². The Morgan fingerprint density at radius 1 is 1.29 bits per heavy atom. The van der Waals surface area contributed by atoms with E-state index >= 15 is 0 Å². The molecule has 0 saturated heterocycles. The number of aliphatic carboxylic acids is 1. The summed E-state index contributed by atoms with van der Waals surface area (Å²) in [4.78, 5) is 23.7. The first-order valence-electron chi connectivity index (χ1n) is 7.04. The Kier molecular flexibility index (Phi) is 3.94. The molecule has 114 valence electrons. The molecule has 0 spiro atoms. The molecule has 0 heterocycles. The molecule has 0 radical (unpaired) electrons. The smallest absolute Gasteiger partial charge is 0.408 e. The lowest BCUT2D eigenvalue weighted by molar-refractivity contribution is -0.150. The van der Waals surface area contributed by atoms with Crippen molar-refractivity contribution < 1.29 is 19.4 Å². The number of alkyl carbamates (subject to hydrolysis) is 1. The summed E-state index contributed by atoms with van der Waals surface area (Å²) in [5.74, 6) is -1.25. The molecule has 2 N–H and O–H groups in total. The van der Waals surface area contributed by atoms with E-state index in [-0.39, 0.29) is 5.92 Å². The highest BCUT2D eigenvalue weighted by molar-refractivity contribution is 5.87. The van der Waals surface area contributed by atoms with Gasteiger partial charge in [-0.2, -0.15) is 0 Å². The SMILES string of the molecule is CC(C)(C)OC(=O)N[C@@]1(C(=O)O)CC[C@@H]1c1ccccc1. The van der Waals surface area contributed by atoms with E-state index in [1.807, 2.05) is 30.3 Å². The van der Waals surface area contributed by atoms with E-state index in [1.165, 1.54) is 0 Å². The van der Waals surface area contributed by atoms with Gasteiger partial charge >= 0.3 is 12.1 Å². The van der Waals surface area contributed by atoms with Gasteiger partial charge in [-0.3, -0.25) is 0 Å². The van der Waals surface area contributed by atoms with E-state index in [9.17, 15) is 14.7 Å². The van der Waals surface area contributed by atoms with Crippen LogP contribution in [0, 0.1) is 0 Å². The number of carbonyl (C=O) groups is 2. The van der Waals surface area contributed by atoms with Crippen molar-refractivity contribution in [3.05, 3.63) is 35.9 Å². The number of ether oxygens (including phenoxy) is 1. The number of hydrogen-bond donors (Lipinski definition) is 2. The predicted octanol–water partition coefficient (Wildman–Crippen LogP) is 2.91. The largest absolute Gasteiger partial charge is 0.479 e. The van der Waals surface area contributed by atoms with E-state index in [0.29, 0.717) is 6.42 Å². The maximum atomic E-state index is 12.0. The summed E-state index contributed by atoms with van der Waals surface area (Å²) in [7, 11) is 0. The lowest BCUT2D eigenvalue weighted by atomic mass is 9.63. The van der Waals surface area contributed by atoms with Gasteiger partial charge in [-0.25, -0.2) is 9.59 Å². The van der Waals surface area contributed by atoms with Crippen molar-refractivity contribution in [2.75, 3.05) is 0 Å². The molecule has 2 rings (SSSR count). The van der Waals surface area contributed by atoms with Crippen LogP contribution in [0.3, 0.4) is 0 Å². The van der Waals surface area contributed by atoms with Gasteiger partial charge in [0.1, 0.15) is 11.1 Å². The number of rotatable bonds is 3. The number of benzene rings is 1. The zero-order chi connectivity index (χ0) is 15.7. The van der Waals surface area contributed by atoms with Crippen molar-refractivity contribution in [1.82, 2.24) is 5.32 Å². The van der Waals surface area contributed by atoms with Crippen LogP contribution in [0.15, 0.2) is 30.3 Å². The molecule has 1 aromatic carbocycles. The molecule has 1 aliphatic carbocycles. The first-order valence-corrected chi connectivity index (χ1v) is 7.04. The monoisotopic (exact) mass is 291 g/mol. The lowest BCUT2D eigenvalue weighted by Crippen LogP contribution is -2.64. The molecule has 1 aromatic rings. The van der Waals surface area contributed by atoms with Crippen molar-refractivity contribution in [2.45, 2.75) is 50.7 Å². The van der Waals surface area contributed by atoms with Gasteiger partial charge in [-0.1, -0.05) is 30.3 Å². The normalized spacial score (nSPS) is 24.8. The Balaban J connectivity index is 2.19. The van der Waals surface area contributed by atoms with Crippen LogP contribution in [-0.4, -0.2) is 28.3 Å². The fourth-order valence-corrected chi connectivity index (χ4v) is 2.66. The molecule has 1 amide bonds. The molecule has 21 heavy (non-hydrogen) atoms. The highest BCUT2D eigenvalue weighted by Crippen LogP contribution is 2.46. The average molecular weight is 291 g/mol. The Morgan fingerprint density at radius 3 is 2.33 bits per heavy atom. The van der Waals surface area contributed by atoms with Gasteiger partial charge in [0.2, 0.25) is 0 Å². The molecule has 0 unspecified atom stereocenters. The Bertz CT molecular complexity index is 535.